The zero-order valence-corrected chi connectivity index (χ0v) is 7.98. The van der Waals surface area contributed by atoms with E-state index in [4.69, 9.17) is 11.6 Å². The van der Waals surface area contributed by atoms with Gasteiger partial charge in [-0.3, -0.25) is 4.68 Å². The molecule has 0 amide bonds. The summed E-state index contributed by atoms with van der Waals surface area (Å²) in [7, 11) is 1.85. The minimum atomic E-state index is 0.00926. The molecule has 3 nitrogen and oxygen atoms in total. The fourth-order valence-corrected chi connectivity index (χ4v) is 1.57. The van der Waals surface area contributed by atoms with Crippen LogP contribution < -0.4 is 0 Å². The Morgan fingerprint density at radius 2 is 1.91 bits per heavy atom. The summed E-state index contributed by atoms with van der Waals surface area (Å²) in [6.45, 7) is 6.24. The molecular formula is C7H12ClN3. The standard InChI is InChI=1S/C7H12ClN3/c1-7(2,3)5-6(8)9-10-11(5)4/h1-4H3. The minimum Gasteiger partial charge on any atom is -0.250 e. The summed E-state index contributed by atoms with van der Waals surface area (Å²) in [5, 5.41) is 8.08. The number of nitrogens with zero attached hydrogens (tertiary/aromatic N) is 3. The zero-order chi connectivity index (χ0) is 8.65. The molecule has 0 N–H and O–H groups in total. The van der Waals surface area contributed by atoms with Gasteiger partial charge >= 0.3 is 0 Å². The molecule has 0 radical (unpaired) electrons. The minimum absolute atomic E-state index is 0.00926. The van der Waals surface area contributed by atoms with Gasteiger partial charge in [0.2, 0.25) is 0 Å². The monoisotopic (exact) mass is 173 g/mol. The Kier molecular flexibility index (Phi) is 1.92. The third-order valence-electron chi connectivity index (χ3n) is 1.50. The molecule has 4 heteroatoms. The maximum absolute atomic E-state index is 5.84. The predicted molar refractivity (Wildman–Crippen MR) is 44.7 cm³/mol. The summed E-state index contributed by atoms with van der Waals surface area (Å²) in [4.78, 5) is 0. The summed E-state index contributed by atoms with van der Waals surface area (Å²) in [5.41, 5.74) is 0.981. The molecule has 0 aromatic carbocycles. The lowest BCUT2D eigenvalue weighted by molar-refractivity contribution is 0.520. The van der Waals surface area contributed by atoms with Crippen molar-refractivity contribution >= 4 is 11.6 Å². The van der Waals surface area contributed by atoms with E-state index in [2.05, 4.69) is 31.1 Å². The molecule has 0 aliphatic carbocycles. The molecule has 1 rings (SSSR count). The van der Waals surface area contributed by atoms with Crippen molar-refractivity contribution in [2.75, 3.05) is 0 Å². The maximum Gasteiger partial charge on any atom is 0.175 e. The van der Waals surface area contributed by atoms with Crippen LogP contribution in [0.15, 0.2) is 0 Å². The number of aryl methyl sites for hydroxylation is 1. The first-order valence-electron chi connectivity index (χ1n) is 3.48. The number of hydrogen-bond donors (Lipinski definition) is 0. The first-order valence-corrected chi connectivity index (χ1v) is 3.86. The quantitative estimate of drug-likeness (QED) is 0.599. The molecule has 0 bridgehead atoms. The van der Waals surface area contributed by atoms with Gasteiger partial charge < -0.3 is 0 Å². The molecule has 1 aromatic rings. The lowest BCUT2D eigenvalue weighted by Gasteiger charge is -2.17. The van der Waals surface area contributed by atoms with Crippen molar-refractivity contribution in [2.24, 2.45) is 7.05 Å². The zero-order valence-electron chi connectivity index (χ0n) is 7.22. The van der Waals surface area contributed by atoms with Crippen LogP contribution >= 0.6 is 11.6 Å². The summed E-state index contributed by atoms with van der Waals surface area (Å²) >= 11 is 5.84. The van der Waals surface area contributed by atoms with Gasteiger partial charge in [0.05, 0.1) is 5.69 Å². The van der Waals surface area contributed by atoms with Crippen molar-refractivity contribution in [1.29, 1.82) is 0 Å². The van der Waals surface area contributed by atoms with Gasteiger partial charge in [0.1, 0.15) is 0 Å². The van der Waals surface area contributed by atoms with Crippen LogP contribution in [0.5, 0.6) is 0 Å². The molecule has 1 heterocycles. The van der Waals surface area contributed by atoms with Gasteiger partial charge in [-0.25, -0.2) is 0 Å². The van der Waals surface area contributed by atoms with Gasteiger partial charge in [-0.05, 0) is 0 Å². The van der Waals surface area contributed by atoms with Crippen LogP contribution in [0.2, 0.25) is 5.15 Å². The van der Waals surface area contributed by atoms with Crippen LogP contribution in [0, 0.1) is 0 Å². The Hall–Kier alpha value is -0.570. The van der Waals surface area contributed by atoms with Gasteiger partial charge in [-0.2, -0.15) is 0 Å². The van der Waals surface area contributed by atoms with Crippen LogP contribution in [0.3, 0.4) is 0 Å². The number of halogens is 1. The molecule has 0 aliphatic rings. The van der Waals surface area contributed by atoms with E-state index in [-0.39, 0.29) is 5.41 Å². The van der Waals surface area contributed by atoms with E-state index in [0.29, 0.717) is 5.15 Å². The van der Waals surface area contributed by atoms with Gasteiger partial charge in [0, 0.05) is 12.5 Å². The highest BCUT2D eigenvalue weighted by molar-refractivity contribution is 6.30. The first-order chi connectivity index (χ1) is 4.93. The van der Waals surface area contributed by atoms with E-state index in [0.717, 1.165) is 5.69 Å². The first kappa shape index (κ1) is 8.53. The normalized spacial score (nSPS) is 12.1. The Morgan fingerprint density at radius 3 is 2.09 bits per heavy atom. The fourth-order valence-electron chi connectivity index (χ4n) is 1.13. The van der Waals surface area contributed by atoms with E-state index in [9.17, 15) is 0 Å². The van der Waals surface area contributed by atoms with Crippen molar-refractivity contribution < 1.29 is 0 Å². The van der Waals surface area contributed by atoms with Crippen LogP contribution in [0.25, 0.3) is 0 Å². The number of hydrogen-bond acceptors (Lipinski definition) is 2. The largest absolute Gasteiger partial charge is 0.250 e. The van der Waals surface area contributed by atoms with Crippen molar-refractivity contribution in [3.8, 4) is 0 Å². The van der Waals surface area contributed by atoms with Crippen molar-refractivity contribution in [3.05, 3.63) is 10.8 Å². The second kappa shape index (κ2) is 2.48. The smallest absolute Gasteiger partial charge is 0.175 e. The van der Waals surface area contributed by atoms with Crippen LogP contribution in [0.1, 0.15) is 26.5 Å². The Bertz CT molecular complexity index is 240. The molecule has 62 valence electrons. The second-order valence-corrected chi connectivity index (χ2v) is 3.96. The average molecular weight is 174 g/mol. The highest BCUT2D eigenvalue weighted by Crippen LogP contribution is 2.26. The van der Waals surface area contributed by atoms with E-state index >= 15 is 0 Å². The Balaban J connectivity index is 3.21. The molecular weight excluding hydrogens is 162 g/mol. The lowest BCUT2D eigenvalue weighted by atomic mass is 9.93. The summed E-state index contributed by atoms with van der Waals surface area (Å²) in [6, 6.07) is 0. The molecule has 11 heavy (non-hydrogen) atoms. The molecule has 0 unspecified atom stereocenters. The van der Waals surface area contributed by atoms with Crippen molar-refractivity contribution in [1.82, 2.24) is 15.0 Å². The second-order valence-electron chi connectivity index (χ2n) is 3.60. The van der Waals surface area contributed by atoms with Crippen LogP contribution in [0.4, 0.5) is 0 Å². The predicted octanol–water partition coefficient (Wildman–Crippen LogP) is 1.77. The van der Waals surface area contributed by atoms with Crippen molar-refractivity contribution in [2.45, 2.75) is 26.2 Å². The van der Waals surface area contributed by atoms with Gasteiger partial charge in [0.25, 0.3) is 0 Å². The van der Waals surface area contributed by atoms with Crippen molar-refractivity contribution in [3.63, 3.8) is 0 Å². The summed E-state index contributed by atoms with van der Waals surface area (Å²) < 4.78 is 1.71. The van der Waals surface area contributed by atoms with Gasteiger partial charge in [-0.1, -0.05) is 37.6 Å². The molecule has 0 spiro atoms. The van der Waals surface area contributed by atoms with Crippen LogP contribution in [-0.4, -0.2) is 15.0 Å². The molecule has 0 fully saturated rings. The average Bonchev–Trinajstić information content (AvgIpc) is 2.08. The fraction of sp³-hybridized carbons (Fsp3) is 0.714. The topological polar surface area (TPSA) is 30.7 Å². The number of rotatable bonds is 0. The highest BCUT2D eigenvalue weighted by Gasteiger charge is 2.22. The summed E-state index contributed by atoms with van der Waals surface area (Å²) in [5.74, 6) is 0. The molecule has 0 saturated carbocycles. The third-order valence-corrected chi connectivity index (χ3v) is 1.75. The van der Waals surface area contributed by atoms with E-state index < -0.39 is 0 Å². The van der Waals surface area contributed by atoms with Gasteiger partial charge in [-0.15, -0.1) is 5.10 Å². The third kappa shape index (κ3) is 1.53. The highest BCUT2D eigenvalue weighted by atomic mass is 35.5. The number of aromatic nitrogens is 3. The van der Waals surface area contributed by atoms with Gasteiger partial charge in [0.15, 0.2) is 5.15 Å². The molecule has 1 aromatic heterocycles. The maximum atomic E-state index is 5.84. The van der Waals surface area contributed by atoms with E-state index in [1.165, 1.54) is 0 Å². The summed E-state index contributed by atoms with van der Waals surface area (Å²) in [6.07, 6.45) is 0. The Labute approximate surface area is 71.4 Å². The molecule has 0 saturated heterocycles. The van der Waals surface area contributed by atoms with E-state index in [1.54, 1.807) is 4.68 Å². The molecule has 0 aliphatic heterocycles. The Morgan fingerprint density at radius 1 is 1.36 bits per heavy atom. The van der Waals surface area contributed by atoms with Crippen LogP contribution in [-0.2, 0) is 12.5 Å². The lowest BCUT2D eigenvalue weighted by Crippen LogP contribution is -2.16. The van der Waals surface area contributed by atoms with E-state index in [1.807, 2.05) is 7.05 Å². The SMILES string of the molecule is Cn1nnc(Cl)c1C(C)(C)C. The molecule has 0 atom stereocenters.